The summed E-state index contributed by atoms with van der Waals surface area (Å²) in [4.78, 5) is 0.400. The molecule has 0 spiro atoms. The summed E-state index contributed by atoms with van der Waals surface area (Å²) in [5.41, 5.74) is 4.28. The first-order valence-electron chi connectivity index (χ1n) is 16.7. The minimum Gasteiger partial charge on any atom is -0.498 e. The number of hydrogen-bond acceptors (Lipinski definition) is 5. The Kier molecular flexibility index (Phi) is 8.96. The Morgan fingerprint density at radius 1 is 0.653 bits per heavy atom. The van der Waals surface area contributed by atoms with Gasteiger partial charge in [-0.05, 0) is 73.4 Å². The first-order valence-corrected chi connectivity index (χ1v) is 19.5. The molecule has 5 aromatic rings. The van der Waals surface area contributed by atoms with Gasteiger partial charge < -0.3 is 4.74 Å². The van der Waals surface area contributed by atoms with E-state index in [-0.39, 0.29) is 29.2 Å². The Morgan fingerprint density at radius 3 is 1.90 bits per heavy atom. The van der Waals surface area contributed by atoms with Gasteiger partial charge in [-0.15, -0.1) is 0 Å². The Labute approximate surface area is 289 Å². The second-order valence-corrected chi connectivity index (χ2v) is 16.6. The molecular formula is C40H40N2O5S2. The van der Waals surface area contributed by atoms with Crippen molar-refractivity contribution in [2.45, 2.75) is 61.5 Å². The zero-order valence-electron chi connectivity index (χ0n) is 27.9. The fraction of sp³-hybridized carbons (Fsp3) is 0.250. The zero-order valence-corrected chi connectivity index (χ0v) is 29.5. The van der Waals surface area contributed by atoms with Crippen molar-refractivity contribution in [3.05, 3.63) is 155 Å². The molecule has 1 saturated heterocycles. The largest absolute Gasteiger partial charge is 0.498 e. The summed E-state index contributed by atoms with van der Waals surface area (Å²) in [5.74, 6) is 0.650. The summed E-state index contributed by atoms with van der Waals surface area (Å²) in [6.07, 6.45) is 0.492. The maximum absolute atomic E-state index is 14.9. The van der Waals surface area contributed by atoms with E-state index in [0.717, 1.165) is 33.0 Å². The number of piperidine rings is 1. The monoisotopic (exact) mass is 692 g/mol. The van der Waals surface area contributed by atoms with Crippen LogP contribution in [0.1, 0.15) is 54.1 Å². The van der Waals surface area contributed by atoms with Crippen LogP contribution in [-0.2, 0) is 24.8 Å². The molecule has 0 amide bonds. The molecule has 0 radical (unpaired) electrons. The first kappa shape index (κ1) is 33.2. The highest BCUT2D eigenvalue weighted by molar-refractivity contribution is 7.89. The van der Waals surface area contributed by atoms with Gasteiger partial charge in [-0.3, -0.25) is 0 Å². The molecule has 7 nitrogen and oxygen atoms in total. The number of ether oxygens (including phenoxy) is 1. The molecule has 3 unspecified atom stereocenters. The number of sulfonamides is 2. The van der Waals surface area contributed by atoms with Gasteiger partial charge in [0.2, 0.25) is 20.0 Å². The van der Waals surface area contributed by atoms with E-state index in [1.807, 2.05) is 106 Å². The van der Waals surface area contributed by atoms with Gasteiger partial charge in [0.15, 0.2) is 0 Å². The van der Waals surface area contributed by atoms with E-state index in [1.54, 1.807) is 45.0 Å². The lowest BCUT2D eigenvalue weighted by Crippen LogP contribution is -2.54. The van der Waals surface area contributed by atoms with Gasteiger partial charge in [-0.2, -0.15) is 8.61 Å². The normalized spacial score (nSPS) is 20.7. The van der Waals surface area contributed by atoms with Crippen molar-refractivity contribution in [2.24, 2.45) is 0 Å². The summed E-state index contributed by atoms with van der Waals surface area (Å²) < 4.78 is 68.8. The predicted octanol–water partition coefficient (Wildman–Crippen LogP) is 8.09. The third-order valence-corrected chi connectivity index (χ3v) is 13.6. The van der Waals surface area contributed by atoms with Crippen molar-refractivity contribution in [1.29, 1.82) is 0 Å². The quantitative estimate of drug-likeness (QED) is 0.164. The molecule has 252 valence electrons. The molecule has 2 aliphatic rings. The van der Waals surface area contributed by atoms with Crippen molar-refractivity contribution in [3.8, 4) is 0 Å². The molecular weight excluding hydrogens is 653 g/mol. The first-order chi connectivity index (χ1) is 23.6. The number of benzene rings is 5. The summed E-state index contributed by atoms with van der Waals surface area (Å²) >= 11 is 0. The van der Waals surface area contributed by atoms with Crippen LogP contribution in [0.5, 0.6) is 0 Å². The molecule has 1 fully saturated rings. The minimum absolute atomic E-state index is 0.00841. The minimum atomic E-state index is -4.07. The van der Waals surface area contributed by atoms with Crippen molar-refractivity contribution in [2.75, 3.05) is 13.2 Å². The van der Waals surface area contributed by atoms with Crippen LogP contribution < -0.4 is 0 Å². The molecule has 0 aliphatic carbocycles. The maximum atomic E-state index is 14.9. The topological polar surface area (TPSA) is 84.0 Å². The summed E-state index contributed by atoms with van der Waals surface area (Å²) in [6.45, 7) is 6.12. The van der Waals surface area contributed by atoms with Crippen molar-refractivity contribution in [1.82, 2.24) is 8.61 Å². The average molecular weight is 693 g/mol. The Hall–Kier alpha value is -4.28. The highest BCUT2D eigenvalue weighted by Gasteiger charge is 2.51. The zero-order chi connectivity index (χ0) is 34.3. The average Bonchev–Trinajstić information content (AvgIpc) is 3.11. The lowest BCUT2D eigenvalue weighted by Gasteiger charge is -2.49. The van der Waals surface area contributed by atoms with Crippen LogP contribution in [0.25, 0.3) is 10.8 Å². The highest BCUT2D eigenvalue weighted by Crippen LogP contribution is 2.50. The third-order valence-electron chi connectivity index (χ3n) is 9.78. The van der Waals surface area contributed by atoms with Crippen LogP contribution in [0, 0.1) is 13.8 Å². The van der Waals surface area contributed by atoms with Crippen LogP contribution in [0.4, 0.5) is 0 Å². The van der Waals surface area contributed by atoms with Gasteiger partial charge >= 0.3 is 0 Å². The number of nitrogens with zero attached hydrogens (tertiary/aromatic N) is 2. The molecule has 0 bridgehead atoms. The molecule has 3 atom stereocenters. The van der Waals surface area contributed by atoms with E-state index < -0.39 is 38.2 Å². The molecule has 9 heteroatoms. The van der Waals surface area contributed by atoms with Gasteiger partial charge in [0, 0.05) is 18.5 Å². The second kappa shape index (κ2) is 13.2. The lowest BCUT2D eigenvalue weighted by atomic mass is 9.83. The standard InChI is InChI=1S/C40H40N2O5S2/c1-4-47-40-26-37(31-12-6-5-7-13-31)42(49(45,46)33-23-19-29(3)20-24-33)39-25-38(35-16-10-14-30-11-8-9-15-34(30)35)41(27-36(39)40)48(43,44)32-21-17-28(2)18-22-32/h5-24,37-39H,4,25-27H2,1-3H3. The van der Waals surface area contributed by atoms with Gasteiger partial charge in [0.1, 0.15) is 0 Å². The lowest BCUT2D eigenvalue weighted by molar-refractivity contribution is 0.118. The van der Waals surface area contributed by atoms with Crippen LogP contribution >= 0.6 is 0 Å². The van der Waals surface area contributed by atoms with Gasteiger partial charge in [0.05, 0.1) is 40.3 Å². The summed E-state index contributed by atoms with van der Waals surface area (Å²) in [5, 5.41) is 1.92. The molecule has 2 aliphatic heterocycles. The molecule has 7 rings (SSSR count). The predicted molar refractivity (Wildman–Crippen MR) is 193 cm³/mol. The fourth-order valence-electron chi connectivity index (χ4n) is 7.35. The number of hydrogen-bond donors (Lipinski definition) is 0. The smallest absolute Gasteiger partial charge is 0.244 e. The van der Waals surface area contributed by atoms with Crippen LogP contribution in [0.15, 0.2) is 142 Å². The molecule has 5 aromatic carbocycles. The second-order valence-electron chi connectivity index (χ2n) is 12.9. The number of rotatable bonds is 8. The van der Waals surface area contributed by atoms with Gasteiger partial charge in [-0.25, -0.2) is 16.8 Å². The number of aryl methyl sites for hydroxylation is 2. The van der Waals surface area contributed by atoms with Gasteiger partial charge in [-0.1, -0.05) is 108 Å². The highest BCUT2D eigenvalue weighted by atomic mass is 32.2. The van der Waals surface area contributed by atoms with Crippen LogP contribution in [0.3, 0.4) is 0 Å². The van der Waals surface area contributed by atoms with Crippen molar-refractivity contribution >= 4 is 30.8 Å². The molecule has 0 N–H and O–H groups in total. The van der Waals surface area contributed by atoms with Gasteiger partial charge in [0.25, 0.3) is 0 Å². The SMILES string of the molecule is CCOC1=C2CN(S(=O)(=O)c3ccc(C)cc3)C(c3cccc4ccccc34)CC2N(S(=O)(=O)c2ccc(C)cc2)C(c2ccccc2)C1. The summed E-state index contributed by atoms with van der Waals surface area (Å²) in [6, 6.07) is 35.5. The third kappa shape index (κ3) is 6.10. The van der Waals surface area contributed by atoms with Crippen LogP contribution in [-0.4, -0.2) is 44.6 Å². The Morgan fingerprint density at radius 2 is 1.24 bits per heavy atom. The van der Waals surface area contributed by atoms with E-state index in [0.29, 0.717) is 17.9 Å². The Balaban J connectivity index is 1.47. The van der Waals surface area contributed by atoms with E-state index in [9.17, 15) is 16.8 Å². The molecule has 0 aromatic heterocycles. The van der Waals surface area contributed by atoms with Crippen LogP contribution in [0.2, 0.25) is 0 Å². The molecule has 0 saturated carbocycles. The van der Waals surface area contributed by atoms with Crippen molar-refractivity contribution < 1.29 is 21.6 Å². The van der Waals surface area contributed by atoms with E-state index in [1.165, 1.54) is 0 Å². The van der Waals surface area contributed by atoms with E-state index >= 15 is 0 Å². The van der Waals surface area contributed by atoms with E-state index in [4.69, 9.17) is 4.74 Å². The Bertz CT molecular complexity index is 2230. The molecule has 2 heterocycles. The fourth-order valence-corrected chi connectivity index (χ4v) is 10.8. The maximum Gasteiger partial charge on any atom is 0.244 e. The number of fused-ring (bicyclic) bond motifs is 2. The van der Waals surface area contributed by atoms with E-state index in [2.05, 4.69) is 0 Å². The van der Waals surface area contributed by atoms with Crippen molar-refractivity contribution in [3.63, 3.8) is 0 Å². The molecule has 49 heavy (non-hydrogen) atoms. The summed E-state index contributed by atoms with van der Waals surface area (Å²) in [7, 11) is -8.10.